The van der Waals surface area contributed by atoms with E-state index in [0.29, 0.717) is 11.5 Å². The van der Waals surface area contributed by atoms with Crippen molar-refractivity contribution in [3.05, 3.63) is 59.9 Å². The molecule has 4 rings (SSSR count). The van der Waals surface area contributed by atoms with Gasteiger partial charge in [0.25, 0.3) is 0 Å². The number of carbonyl (C=O) groups is 2. The van der Waals surface area contributed by atoms with Crippen LogP contribution in [0, 0.1) is 11.2 Å². The topological polar surface area (TPSA) is 126 Å². The molecule has 11 heteroatoms. The van der Waals surface area contributed by atoms with Gasteiger partial charge in [-0.15, -0.1) is 10.2 Å². The first kappa shape index (κ1) is 23.0. The molecule has 2 aromatic carbocycles. The SMILES string of the molecule is CC(=O)NC[C@H]1CN(c2ccc(C(=N)CC(C)n3nnc(-c4ccccc4)n3)c(F)c2)C(=O)O1. The number of benzene rings is 2. The minimum atomic E-state index is -0.621. The van der Waals surface area contributed by atoms with Crippen molar-refractivity contribution < 1.29 is 18.7 Å². The normalized spacial score (nSPS) is 16.3. The van der Waals surface area contributed by atoms with Crippen LogP contribution in [0.2, 0.25) is 0 Å². The number of halogens is 1. The Balaban J connectivity index is 1.41. The van der Waals surface area contributed by atoms with Crippen molar-refractivity contribution in [2.24, 2.45) is 0 Å². The molecular formula is C23H24FN7O3. The third kappa shape index (κ3) is 5.08. The summed E-state index contributed by atoms with van der Waals surface area (Å²) in [6, 6.07) is 13.3. The van der Waals surface area contributed by atoms with Crippen LogP contribution in [0.15, 0.2) is 48.5 Å². The molecule has 34 heavy (non-hydrogen) atoms. The minimum Gasteiger partial charge on any atom is -0.442 e. The molecule has 2 atom stereocenters. The van der Waals surface area contributed by atoms with Gasteiger partial charge in [-0.25, -0.2) is 9.18 Å². The van der Waals surface area contributed by atoms with E-state index in [9.17, 15) is 14.0 Å². The maximum atomic E-state index is 14.9. The maximum Gasteiger partial charge on any atom is 0.414 e. The quantitative estimate of drug-likeness (QED) is 0.493. The number of amides is 2. The zero-order valence-corrected chi connectivity index (χ0v) is 18.7. The number of nitrogens with zero attached hydrogens (tertiary/aromatic N) is 5. The highest BCUT2D eigenvalue weighted by Gasteiger charge is 2.33. The van der Waals surface area contributed by atoms with Gasteiger partial charge in [0.1, 0.15) is 11.9 Å². The van der Waals surface area contributed by atoms with Gasteiger partial charge in [-0.05, 0) is 30.3 Å². The van der Waals surface area contributed by atoms with Gasteiger partial charge in [-0.2, -0.15) is 4.80 Å². The number of carbonyl (C=O) groups excluding carboxylic acids is 2. The van der Waals surface area contributed by atoms with Crippen LogP contribution in [-0.4, -0.2) is 57.1 Å². The molecule has 3 aromatic rings. The summed E-state index contributed by atoms with van der Waals surface area (Å²) in [6.45, 7) is 3.57. The Labute approximate surface area is 195 Å². The second-order valence-electron chi connectivity index (χ2n) is 8.05. The van der Waals surface area contributed by atoms with Crippen LogP contribution in [-0.2, 0) is 9.53 Å². The van der Waals surface area contributed by atoms with Gasteiger partial charge in [-0.3, -0.25) is 9.69 Å². The molecule has 1 aromatic heterocycles. The number of nitrogens with one attached hydrogen (secondary N) is 2. The summed E-state index contributed by atoms with van der Waals surface area (Å²) in [5.74, 6) is -0.372. The lowest BCUT2D eigenvalue weighted by atomic mass is 10.0. The third-order valence-electron chi connectivity index (χ3n) is 5.40. The Morgan fingerprint density at radius 1 is 1.29 bits per heavy atom. The molecule has 2 N–H and O–H groups in total. The van der Waals surface area contributed by atoms with E-state index in [1.807, 2.05) is 37.3 Å². The summed E-state index contributed by atoms with van der Waals surface area (Å²) in [5, 5.41) is 23.5. The second kappa shape index (κ2) is 9.77. The van der Waals surface area contributed by atoms with Crippen LogP contribution in [0.1, 0.15) is 31.9 Å². The molecule has 1 fully saturated rings. The summed E-state index contributed by atoms with van der Waals surface area (Å²) < 4.78 is 20.1. The number of ether oxygens (including phenoxy) is 1. The van der Waals surface area contributed by atoms with Crippen LogP contribution in [0.5, 0.6) is 0 Å². The maximum absolute atomic E-state index is 14.9. The Hall–Kier alpha value is -4.15. The van der Waals surface area contributed by atoms with Crippen LogP contribution in [0.25, 0.3) is 11.4 Å². The second-order valence-corrected chi connectivity index (χ2v) is 8.05. The van der Waals surface area contributed by atoms with Gasteiger partial charge in [0.05, 0.1) is 24.8 Å². The fourth-order valence-corrected chi connectivity index (χ4v) is 3.61. The molecule has 176 valence electrons. The highest BCUT2D eigenvalue weighted by molar-refractivity contribution is 5.99. The lowest BCUT2D eigenvalue weighted by Crippen LogP contribution is -2.33. The highest BCUT2D eigenvalue weighted by Crippen LogP contribution is 2.25. The van der Waals surface area contributed by atoms with Crippen molar-refractivity contribution in [1.29, 1.82) is 5.41 Å². The molecule has 1 saturated heterocycles. The smallest absolute Gasteiger partial charge is 0.414 e. The summed E-state index contributed by atoms with van der Waals surface area (Å²) >= 11 is 0. The first-order chi connectivity index (χ1) is 16.3. The largest absolute Gasteiger partial charge is 0.442 e. The number of rotatable bonds is 8. The van der Waals surface area contributed by atoms with Crippen molar-refractivity contribution in [1.82, 2.24) is 25.5 Å². The molecule has 2 heterocycles. The number of anilines is 1. The van der Waals surface area contributed by atoms with Gasteiger partial charge < -0.3 is 15.5 Å². The first-order valence-corrected chi connectivity index (χ1v) is 10.8. The molecule has 1 unspecified atom stereocenters. The molecular weight excluding hydrogens is 441 g/mol. The summed E-state index contributed by atoms with van der Waals surface area (Å²) in [5.41, 5.74) is 1.35. The number of hydrogen-bond donors (Lipinski definition) is 2. The third-order valence-corrected chi connectivity index (χ3v) is 5.40. The van der Waals surface area contributed by atoms with Crippen molar-refractivity contribution in [3.63, 3.8) is 0 Å². The molecule has 10 nitrogen and oxygen atoms in total. The van der Waals surface area contributed by atoms with Crippen LogP contribution < -0.4 is 10.2 Å². The lowest BCUT2D eigenvalue weighted by molar-refractivity contribution is -0.119. The fourth-order valence-electron chi connectivity index (χ4n) is 3.61. The van der Waals surface area contributed by atoms with E-state index in [1.54, 1.807) is 6.07 Å². The minimum absolute atomic E-state index is 0.0719. The summed E-state index contributed by atoms with van der Waals surface area (Å²) in [7, 11) is 0. The predicted molar refractivity (Wildman–Crippen MR) is 122 cm³/mol. The van der Waals surface area contributed by atoms with Crippen molar-refractivity contribution in [3.8, 4) is 11.4 Å². The molecule has 0 radical (unpaired) electrons. The number of aromatic nitrogens is 4. The van der Waals surface area contributed by atoms with Gasteiger partial charge in [0, 0.05) is 30.2 Å². The fraction of sp³-hybridized carbons (Fsp3) is 0.304. The molecule has 2 amide bonds. The van der Waals surface area contributed by atoms with E-state index in [1.165, 1.54) is 28.8 Å². The molecule has 0 bridgehead atoms. The monoisotopic (exact) mass is 465 g/mol. The van der Waals surface area contributed by atoms with Gasteiger partial charge in [-0.1, -0.05) is 30.3 Å². The van der Waals surface area contributed by atoms with E-state index in [2.05, 4.69) is 20.7 Å². The molecule has 0 saturated carbocycles. The van der Waals surface area contributed by atoms with Crippen molar-refractivity contribution in [2.45, 2.75) is 32.4 Å². The van der Waals surface area contributed by atoms with E-state index in [4.69, 9.17) is 10.1 Å². The number of tetrazole rings is 1. The predicted octanol–water partition coefficient (Wildman–Crippen LogP) is 2.96. The van der Waals surface area contributed by atoms with Crippen LogP contribution in [0.3, 0.4) is 0 Å². The highest BCUT2D eigenvalue weighted by atomic mass is 19.1. The van der Waals surface area contributed by atoms with Crippen molar-refractivity contribution in [2.75, 3.05) is 18.0 Å². The van der Waals surface area contributed by atoms with E-state index in [0.717, 1.165) is 5.56 Å². The van der Waals surface area contributed by atoms with E-state index in [-0.39, 0.29) is 42.7 Å². The molecule has 1 aliphatic rings. The Bertz CT molecular complexity index is 1210. The van der Waals surface area contributed by atoms with Gasteiger partial charge in [0.2, 0.25) is 11.7 Å². The Morgan fingerprint density at radius 2 is 2.06 bits per heavy atom. The zero-order chi connectivity index (χ0) is 24.2. The van der Waals surface area contributed by atoms with Crippen LogP contribution >= 0.6 is 0 Å². The molecule has 0 aliphatic carbocycles. The van der Waals surface area contributed by atoms with Crippen molar-refractivity contribution >= 4 is 23.4 Å². The van der Waals surface area contributed by atoms with Crippen LogP contribution in [0.4, 0.5) is 14.9 Å². The number of hydrogen-bond acceptors (Lipinski definition) is 7. The van der Waals surface area contributed by atoms with Gasteiger partial charge in [0.15, 0.2) is 0 Å². The Kier molecular flexibility index (Phi) is 6.62. The summed E-state index contributed by atoms with van der Waals surface area (Å²) in [6.07, 6.45) is -0.947. The summed E-state index contributed by atoms with van der Waals surface area (Å²) in [4.78, 5) is 26.0. The first-order valence-electron chi connectivity index (χ1n) is 10.8. The number of cyclic esters (lactones) is 1. The lowest BCUT2D eigenvalue weighted by Gasteiger charge is -2.16. The molecule has 0 spiro atoms. The van der Waals surface area contributed by atoms with Gasteiger partial charge >= 0.3 is 6.09 Å². The Morgan fingerprint density at radius 3 is 2.76 bits per heavy atom. The average Bonchev–Trinajstić information content (AvgIpc) is 3.45. The zero-order valence-electron chi connectivity index (χ0n) is 18.7. The van der Waals surface area contributed by atoms with E-state index < -0.39 is 18.0 Å². The standard InChI is InChI=1S/C23H24FN7O3/c1-14(31-28-22(27-29-31)16-6-4-3-5-7-16)10-21(25)19-9-8-17(11-20(19)24)30-13-18(34-23(30)33)12-26-15(2)32/h3-9,11,14,18,25H,10,12-13H2,1-2H3,(H,26,32)/t14?,18-/m0/s1. The van der Waals surface area contributed by atoms with E-state index >= 15 is 0 Å². The molecule has 1 aliphatic heterocycles. The average molecular weight is 465 g/mol.